The molecule has 0 saturated heterocycles. The van der Waals surface area contributed by atoms with Gasteiger partial charge in [-0.05, 0) is 18.9 Å². The number of halogens is 1. The fourth-order valence-corrected chi connectivity index (χ4v) is 1.33. The molecule has 0 aliphatic carbocycles. The Hall–Kier alpha value is -1.11. The molecule has 0 radical (unpaired) electrons. The maximum absolute atomic E-state index is 13.1. The number of unbranched alkanes of at least 4 members (excludes halogenated alkanes) is 3. The van der Waals surface area contributed by atoms with Gasteiger partial charge in [0.05, 0.1) is 0 Å². The fraction of sp³-hybridized carbons (Fsp3) is 0.385. The van der Waals surface area contributed by atoms with Crippen LogP contribution in [0.1, 0.15) is 38.2 Å². The lowest BCUT2D eigenvalue weighted by Crippen LogP contribution is -1.79. The van der Waals surface area contributed by atoms with Crippen LogP contribution in [-0.2, 0) is 0 Å². The summed E-state index contributed by atoms with van der Waals surface area (Å²) in [6.45, 7) is 2.18. The first-order valence-corrected chi connectivity index (χ1v) is 5.25. The highest BCUT2D eigenvalue weighted by Crippen LogP contribution is 2.09. The molecule has 0 aliphatic rings. The molecule has 0 fully saturated rings. The van der Waals surface area contributed by atoms with Crippen LogP contribution in [0.4, 0.5) is 4.39 Å². The van der Waals surface area contributed by atoms with Crippen LogP contribution in [0.3, 0.4) is 0 Å². The van der Waals surface area contributed by atoms with E-state index in [1.165, 1.54) is 25.3 Å². The smallest absolute Gasteiger partial charge is 0.130 e. The van der Waals surface area contributed by atoms with E-state index in [2.05, 4.69) is 6.92 Å². The van der Waals surface area contributed by atoms with Crippen LogP contribution in [0, 0.1) is 5.82 Å². The third-order valence-corrected chi connectivity index (χ3v) is 2.18. The summed E-state index contributed by atoms with van der Waals surface area (Å²) >= 11 is 0. The van der Waals surface area contributed by atoms with Crippen molar-refractivity contribution >= 4 is 6.08 Å². The first kappa shape index (κ1) is 11.0. The van der Waals surface area contributed by atoms with Gasteiger partial charge in [-0.2, -0.15) is 0 Å². The minimum atomic E-state index is -0.140. The molecular formula is C13H17F. The van der Waals surface area contributed by atoms with Crippen LogP contribution in [0.25, 0.3) is 6.08 Å². The summed E-state index contributed by atoms with van der Waals surface area (Å²) < 4.78 is 13.1. The van der Waals surface area contributed by atoms with Crippen LogP contribution < -0.4 is 0 Å². The van der Waals surface area contributed by atoms with Gasteiger partial charge < -0.3 is 0 Å². The molecule has 0 aromatic heterocycles. The van der Waals surface area contributed by atoms with Gasteiger partial charge in [0.15, 0.2) is 0 Å². The summed E-state index contributed by atoms with van der Waals surface area (Å²) in [5, 5.41) is 0. The molecule has 0 saturated carbocycles. The molecule has 0 bridgehead atoms. The van der Waals surface area contributed by atoms with Crippen molar-refractivity contribution in [3.8, 4) is 0 Å². The van der Waals surface area contributed by atoms with Gasteiger partial charge in [0, 0.05) is 5.56 Å². The van der Waals surface area contributed by atoms with Gasteiger partial charge in [0.2, 0.25) is 0 Å². The van der Waals surface area contributed by atoms with Gasteiger partial charge in [-0.25, -0.2) is 4.39 Å². The standard InChI is InChI=1S/C13H17F/c1-2-3-4-5-6-9-12-10-7-8-11-13(12)14/h6-11H,2-5H2,1H3/b9-6-. The molecule has 0 amide bonds. The van der Waals surface area contributed by atoms with Crippen molar-refractivity contribution < 1.29 is 4.39 Å². The zero-order chi connectivity index (χ0) is 10.2. The highest BCUT2D eigenvalue weighted by atomic mass is 19.1. The Morgan fingerprint density at radius 1 is 1.21 bits per heavy atom. The van der Waals surface area contributed by atoms with Crippen molar-refractivity contribution in [2.24, 2.45) is 0 Å². The third-order valence-electron chi connectivity index (χ3n) is 2.18. The second-order valence-corrected chi connectivity index (χ2v) is 3.42. The minimum absolute atomic E-state index is 0.140. The second kappa shape index (κ2) is 6.36. The number of hydrogen-bond donors (Lipinski definition) is 0. The second-order valence-electron chi connectivity index (χ2n) is 3.42. The maximum Gasteiger partial charge on any atom is 0.130 e. The molecule has 0 spiro atoms. The minimum Gasteiger partial charge on any atom is -0.206 e. The summed E-state index contributed by atoms with van der Waals surface area (Å²) in [6.07, 6.45) is 8.64. The van der Waals surface area contributed by atoms with Crippen molar-refractivity contribution in [1.29, 1.82) is 0 Å². The highest BCUT2D eigenvalue weighted by molar-refractivity contribution is 5.49. The zero-order valence-electron chi connectivity index (χ0n) is 8.67. The van der Waals surface area contributed by atoms with Crippen molar-refractivity contribution in [3.63, 3.8) is 0 Å². The molecule has 0 aliphatic heterocycles. The van der Waals surface area contributed by atoms with Gasteiger partial charge in [0.25, 0.3) is 0 Å². The normalized spacial score (nSPS) is 11.0. The molecule has 0 heterocycles. The van der Waals surface area contributed by atoms with E-state index in [1.807, 2.05) is 18.2 Å². The van der Waals surface area contributed by atoms with Crippen LogP contribution >= 0.6 is 0 Å². The third kappa shape index (κ3) is 3.73. The Kier molecular flexibility index (Phi) is 4.98. The summed E-state index contributed by atoms with van der Waals surface area (Å²) in [4.78, 5) is 0. The fourth-order valence-electron chi connectivity index (χ4n) is 1.33. The SMILES string of the molecule is CCCCC/C=C\c1ccccc1F. The average molecular weight is 192 g/mol. The number of rotatable bonds is 5. The van der Waals surface area contributed by atoms with Gasteiger partial charge in [-0.1, -0.05) is 50.1 Å². The Labute approximate surface area is 85.5 Å². The average Bonchev–Trinajstić information content (AvgIpc) is 2.20. The molecule has 0 unspecified atom stereocenters. The van der Waals surface area contributed by atoms with Crippen LogP contribution in [0.15, 0.2) is 30.3 Å². The Morgan fingerprint density at radius 2 is 2.00 bits per heavy atom. The van der Waals surface area contributed by atoms with E-state index < -0.39 is 0 Å². The lowest BCUT2D eigenvalue weighted by atomic mass is 10.1. The molecule has 76 valence electrons. The van der Waals surface area contributed by atoms with Gasteiger partial charge >= 0.3 is 0 Å². The van der Waals surface area contributed by atoms with Crippen LogP contribution in [-0.4, -0.2) is 0 Å². The molecule has 1 rings (SSSR count). The van der Waals surface area contributed by atoms with E-state index in [1.54, 1.807) is 12.1 Å². The highest BCUT2D eigenvalue weighted by Gasteiger charge is 1.93. The predicted molar refractivity (Wildman–Crippen MR) is 59.6 cm³/mol. The molecule has 1 aromatic rings. The predicted octanol–water partition coefficient (Wildman–Crippen LogP) is 4.42. The lowest BCUT2D eigenvalue weighted by Gasteiger charge is -1.95. The van der Waals surface area contributed by atoms with E-state index in [0.29, 0.717) is 5.56 Å². The Morgan fingerprint density at radius 3 is 2.71 bits per heavy atom. The van der Waals surface area contributed by atoms with E-state index in [9.17, 15) is 4.39 Å². The summed E-state index contributed by atoms with van der Waals surface area (Å²) in [5.41, 5.74) is 0.684. The van der Waals surface area contributed by atoms with Gasteiger partial charge in [-0.15, -0.1) is 0 Å². The van der Waals surface area contributed by atoms with E-state index >= 15 is 0 Å². The molecule has 1 aromatic carbocycles. The molecule has 0 nitrogen and oxygen atoms in total. The zero-order valence-corrected chi connectivity index (χ0v) is 8.67. The van der Waals surface area contributed by atoms with Crippen molar-refractivity contribution in [2.75, 3.05) is 0 Å². The quantitative estimate of drug-likeness (QED) is 0.606. The van der Waals surface area contributed by atoms with Crippen LogP contribution in [0.2, 0.25) is 0 Å². The van der Waals surface area contributed by atoms with Crippen molar-refractivity contribution in [2.45, 2.75) is 32.6 Å². The number of allylic oxidation sites excluding steroid dienone is 1. The largest absolute Gasteiger partial charge is 0.206 e. The van der Waals surface area contributed by atoms with E-state index in [0.717, 1.165) is 6.42 Å². The monoisotopic (exact) mass is 192 g/mol. The topological polar surface area (TPSA) is 0 Å². The Bertz CT molecular complexity index is 289. The Balaban J connectivity index is 2.40. The summed E-state index contributed by atoms with van der Waals surface area (Å²) in [5.74, 6) is -0.140. The van der Waals surface area contributed by atoms with Gasteiger partial charge in [0.1, 0.15) is 5.82 Å². The molecule has 0 N–H and O–H groups in total. The summed E-state index contributed by atoms with van der Waals surface area (Å²) in [6, 6.07) is 6.86. The van der Waals surface area contributed by atoms with E-state index in [-0.39, 0.29) is 5.82 Å². The van der Waals surface area contributed by atoms with Crippen molar-refractivity contribution in [3.05, 3.63) is 41.7 Å². The van der Waals surface area contributed by atoms with Crippen LogP contribution in [0.5, 0.6) is 0 Å². The molecule has 14 heavy (non-hydrogen) atoms. The summed E-state index contributed by atoms with van der Waals surface area (Å²) in [7, 11) is 0. The number of hydrogen-bond acceptors (Lipinski definition) is 0. The number of benzene rings is 1. The first-order valence-electron chi connectivity index (χ1n) is 5.25. The lowest BCUT2D eigenvalue weighted by molar-refractivity contribution is 0.625. The molecular weight excluding hydrogens is 175 g/mol. The van der Waals surface area contributed by atoms with Crippen molar-refractivity contribution in [1.82, 2.24) is 0 Å². The molecule has 1 heteroatoms. The van der Waals surface area contributed by atoms with Gasteiger partial charge in [-0.3, -0.25) is 0 Å². The first-order chi connectivity index (χ1) is 6.84. The molecule has 0 atom stereocenters. The maximum atomic E-state index is 13.1. The van der Waals surface area contributed by atoms with E-state index in [4.69, 9.17) is 0 Å².